The van der Waals surface area contributed by atoms with Gasteiger partial charge in [-0.1, -0.05) is 6.92 Å². The van der Waals surface area contributed by atoms with E-state index in [9.17, 15) is 4.79 Å². The average Bonchev–Trinajstić information content (AvgIpc) is 2.59. The largest absolute Gasteiger partial charge is 0.493 e. The maximum Gasteiger partial charge on any atom is 0.254 e. The van der Waals surface area contributed by atoms with Gasteiger partial charge in [-0.05, 0) is 53.7 Å². The highest BCUT2D eigenvalue weighted by Gasteiger charge is 2.27. The lowest BCUT2D eigenvalue weighted by molar-refractivity contribution is 0.0623. The molecule has 0 spiro atoms. The molecule has 1 amide bonds. The second-order valence-electron chi connectivity index (χ2n) is 5.72. The summed E-state index contributed by atoms with van der Waals surface area (Å²) in [7, 11) is 1.58. The third-order valence-electron chi connectivity index (χ3n) is 4.09. The van der Waals surface area contributed by atoms with Crippen LogP contribution in [0.4, 0.5) is 0 Å². The van der Waals surface area contributed by atoms with Gasteiger partial charge in [0.2, 0.25) is 0 Å². The maximum absolute atomic E-state index is 12.9. The number of carbonyl (C=O) groups is 1. The molecule has 6 heteroatoms. The minimum atomic E-state index is 0.00110. The molecule has 2 rings (SSSR count). The Morgan fingerprint density at radius 2 is 2.22 bits per heavy atom. The van der Waals surface area contributed by atoms with Crippen LogP contribution in [0.3, 0.4) is 0 Å². The predicted octanol–water partition coefficient (Wildman–Crippen LogP) is 3.20. The van der Waals surface area contributed by atoms with Crippen molar-refractivity contribution >= 4 is 21.8 Å². The molecule has 2 N–H and O–H groups in total. The van der Waals surface area contributed by atoms with Crippen molar-refractivity contribution in [3.8, 4) is 11.5 Å². The number of likely N-dealkylation sites (tertiary alicyclic amines) is 1. The van der Waals surface area contributed by atoms with Crippen LogP contribution in [0.1, 0.15) is 43.0 Å². The molecule has 5 nitrogen and oxygen atoms in total. The fourth-order valence-corrected chi connectivity index (χ4v) is 3.42. The lowest BCUT2D eigenvalue weighted by atomic mass is 10.0. The van der Waals surface area contributed by atoms with E-state index in [0.717, 1.165) is 36.7 Å². The highest BCUT2D eigenvalue weighted by Crippen LogP contribution is 2.37. The number of hydrogen-bond donors (Lipinski definition) is 1. The molecule has 1 unspecified atom stereocenters. The van der Waals surface area contributed by atoms with Crippen molar-refractivity contribution in [2.24, 2.45) is 5.73 Å². The molecule has 1 fully saturated rings. The molecule has 0 bridgehead atoms. The van der Waals surface area contributed by atoms with Gasteiger partial charge in [-0.25, -0.2) is 0 Å². The maximum atomic E-state index is 12.9. The molecule has 0 radical (unpaired) electrons. The van der Waals surface area contributed by atoms with Crippen LogP contribution in [0.25, 0.3) is 0 Å². The highest BCUT2D eigenvalue weighted by atomic mass is 79.9. The quantitative estimate of drug-likeness (QED) is 0.817. The Balaban J connectivity index is 2.28. The van der Waals surface area contributed by atoms with Gasteiger partial charge in [-0.3, -0.25) is 4.79 Å². The van der Waals surface area contributed by atoms with Crippen molar-refractivity contribution in [3.05, 3.63) is 22.2 Å². The van der Waals surface area contributed by atoms with Gasteiger partial charge in [0.1, 0.15) is 0 Å². The summed E-state index contributed by atoms with van der Waals surface area (Å²) in [6.07, 6.45) is 4.03. The number of nitrogens with two attached hydrogens (primary N) is 1. The van der Waals surface area contributed by atoms with E-state index in [4.69, 9.17) is 15.2 Å². The summed E-state index contributed by atoms with van der Waals surface area (Å²) >= 11 is 3.49. The SMILES string of the molecule is CCCOc1c(Br)cc(C(=O)N2CCCCC2CN)cc1OC. The van der Waals surface area contributed by atoms with Crippen molar-refractivity contribution in [2.75, 3.05) is 26.8 Å². The van der Waals surface area contributed by atoms with Gasteiger partial charge in [-0.15, -0.1) is 0 Å². The van der Waals surface area contributed by atoms with Crippen molar-refractivity contribution in [1.29, 1.82) is 0 Å². The van der Waals surface area contributed by atoms with Gasteiger partial charge in [-0.2, -0.15) is 0 Å². The van der Waals surface area contributed by atoms with Gasteiger partial charge in [0.25, 0.3) is 5.91 Å². The van der Waals surface area contributed by atoms with Gasteiger partial charge >= 0.3 is 0 Å². The predicted molar refractivity (Wildman–Crippen MR) is 94.2 cm³/mol. The van der Waals surface area contributed by atoms with Crippen LogP contribution in [0, 0.1) is 0 Å². The van der Waals surface area contributed by atoms with Crippen LogP contribution in [0.15, 0.2) is 16.6 Å². The molecule has 0 aromatic heterocycles. The van der Waals surface area contributed by atoms with Gasteiger partial charge in [0, 0.05) is 24.7 Å². The van der Waals surface area contributed by atoms with Crippen molar-refractivity contribution in [2.45, 2.75) is 38.6 Å². The average molecular weight is 385 g/mol. The molecule has 1 heterocycles. The molecule has 23 heavy (non-hydrogen) atoms. The zero-order chi connectivity index (χ0) is 16.8. The number of piperidine rings is 1. The normalized spacial score (nSPS) is 17.9. The summed E-state index contributed by atoms with van der Waals surface area (Å²) in [5.74, 6) is 1.21. The number of benzene rings is 1. The van der Waals surface area contributed by atoms with E-state index in [0.29, 0.717) is 30.2 Å². The Morgan fingerprint density at radius 1 is 1.43 bits per heavy atom. The number of halogens is 1. The Hall–Kier alpha value is -1.27. The number of nitrogens with zero attached hydrogens (tertiary/aromatic N) is 1. The number of methoxy groups -OCH3 is 1. The molecular weight excluding hydrogens is 360 g/mol. The first-order valence-corrected chi connectivity index (χ1v) is 8.93. The second-order valence-corrected chi connectivity index (χ2v) is 6.58. The molecule has 1 aromatic carbocycles. The monoisotopic (exact) mass is 384 g/mol. The Labute approximate surface area is 146 Å². The highest BCUT2D eigenvalue weighted by molar-refractivity contribution is 9.10. The first-order valence-electron chi connectivity index (χ1n) is 8.13. The van der Waals surface area contributed by atoms with E-state index in [1.54, 1.807) is 19.2 Å². The Morgan fingerprint density at radius 3 is 2.87 bits per heavy atom. The minimum absolute atomic E-state index is 0.00110. The molecule has 1 atom stereocenters. The molecule has 128 valence electrons. The van der Waals surface area contributed by atoms with Gasteiger partial charge < -0.3 is 20.1 Å². The zero-order valence-electron chi connectivity index (χ0n) is 13.8. The van der Waals surface area contributed by atoms with Crippen LogP contribution in [0.5, 0.6) is 11.5 Å². The Kier molecular flexibility index (Phi) is 6.72. The van der Waals surface area contributed by atoms with Gasteiger partial charge in [0.15, 0.2) is 11.5 Å². The molecule has 0 aliphatic carbocycles. The summed E-state index contributed by atoms with van der Waals surface area (Å²) in [6.45, 7) is 3.90. The number of amides is 1. The molecule has 1 saturated heterocycles. The smallest absolute Gasteiger partial charge is 0.254 e. The van der Waals surface area contributed by atoms with Crippen LogP contribution < -0.4 is 15.2 Å². The first-order chi connectivity index (χ1) is 11.1. The summed E-state index contributed by atoms with van der Waals surface area (Å²) < 4.78 is 11.8. The van der Waals surface area contributed by atoms with Crippen molar-refractivity contribution in [1.82, 2.24) is 4.90 Å². The Bertz CT molecular complexity index is 551. The summed E-state index contributed by atoms with van der Waals surface area (Å²) in [5, 5.41) is 0. The number of hydrogen-bond acceptors (Lipinski definition) is 4. The van der Waals surface area contributed by atoms with Gasteiger partial charge in [0.05, 0.1) is 18.2 Å². The minimum Gasteiger partial charge on any atom is -0.493 e. The van der Waals surface area contributed by atoms with Crippen LogP contribution >= 0.6 is 15.9 Å². The molecule has 1 aliphatic heterocycles. The summed E-state index contributed by atoms with van der Waals surface area (Å²) in [6, 6.07) is 3.68. The third-order valence-corrected chi connectivity index (χ3v) is 4.68. The van der Waals surface area contributed by atoms with E-state index in [-0.39, 0.29) is 11.9 Å². The lowest BCUT2D eigenvalue weighted by Gasteiger charge is -2.35. The molecule has 1 aliphatic rings. The number of ether oxygens (including phenoxy) is 2. The number of rotatable bonds is 6. The van der Waals surface area contributed by atoms with Crippen LogP contribution in [-0.2, 0) is 0 Å². The van der Waals surface area contributed by atoms with E-state index in [1.165, 1.54) is 0 Å². The summed E-state index contributed by atoms with van der Waals surface area (Å²) in [4.78, 5) is 14.8. The van der Waals surface area contributed by atoms with E-state index < -0.39 is 0 Å². The fraction of sp³-hybridized carbons (Fsp3) is 0.588. The summed E-state index contributed by atoms with van der Waals surface area (Å²) in [5.41, 5.74) is 6.42. The topological polar surface area (TPSA) is 64.8 Å². The van der Waals surface area contributed by atoms with E-state index in [2.05, 4.69) is 15.9 Å². The van der Waals surface area contributed by atoms with Crippen LogP contribution in [-0.4, -0.2) is 43.7 Å². The van der Waals surface area contributed by atoms with Crippen molar-refractivity contribution in [3.63, 3.8) is 0 Å². The van der Waals surface area contributed by atoms with Crippen molar-refractivity contribution < 1.29 is 14.3 Å². The molecule has 0 saturated carbocycles. The molecular formula is C17H25BrN2O3. The standard InChI is InChI=1S/C17H25BrN2O3/c1-3-8-23-16-14(18)9-12(10-15(16)22-2)17(21)20-7-5-4-6-13(20)11-19/h9-10,13H,3-8,11,19H2,1-2H3. The van der Waals surface area contributed by atoms with E-state index in [1.807, 2.05) is 11.8 Å². The first kappa shape index (κ1) is 18.1. The number of carbonyl (C=O) groups excluding carboxylic acids is 1. The molecule has 1 aromatic rings. The second kappa shape index (κ2) is 8.55. The zero-order valence-corrected chi connectivity index (χ0v) is 15.4. The lowest BCUT2D eigenvalue weighted by Crippen LogP contribution is -2.47. The third kappa shape index (κ3) is 4.18. The van der Waals surface area contributed by atoms with Crippen LogP contribution in [0.2, 0.25) is 0 Å². The van der Waals surface area contributed by atoms with E-state index >= 15 is 0 Å². The fourth-order valence-electron chi connectivity index (χ4n) is 2.87.